The molecule has 3 aromatic rings. The number of primary amides is 1. The number of carbonyl (C=O) groups excluding carboxylic acids is 1. The smallest absolute Gasteiger partial charge is 0.248 e. The molecule has 0 aromatic heterocycles. The third-order valence-corrected chi connectivity index (χ3v) is 4.97. The maximum absolute atomic E-state index is 11.3. The lowest BCUT2D eigenvalue weighted by atomic mass is 10.0. The average Bonchev–Trinajstić information content (AvgIpc) is 2.66. The van der Waals surface area contributed by atoms with Crippen LogP contribution < -0.4 is 11.1 Å². The molecule has 0 aliphatic heterocycles. The molecule has 6 heteroatoms. The molecule has 0 unspecified atom stereocenters. The maximum atomic E-state index is 11.3. The quantitative estimate of drug-likeness (QED) is 0.554. The van der Waals surface area contributed by atoms with Gasteiger partial charge in [0.15, 0.2) is 0 Å². The van der Waals surface area contributed by atoms with Gasteiger partial charge in [0.25, 0.3) is 0 Å². The maximum Gasteiger partial charge on any atom is 0.248 e. The van der Waals surface area contributed by atoms with E-state index < -0.39 is 5.91 Å². The number of amides is 1. The summed E-state index contributed by atoms with van der Waals surface area (Å²) in [6, 6.07) is 21.1. The van der Waals surface area contributed by atoms with E-state index in [1.54, 1.807) is 18.2 Å². The van der Waals surface area contributed by atoms with Crippen LogP contribution in [0, 0.1) is 0 Å². The van der Waals surface area contributed by atoms with Gasteiger partial charge in [-0.15, -0.1) is 12.4 Å². The molecule has 0 aliphatic rings. The van der Waals surface area contributed by atoms with Gasteiger partial charge in [0.2, 0.25) is 5.91 Å². The van der Waals surface area contributed by atoms with Crippen LogP contribution in [0.1, 0.15) is 21.5 Å². The van der Waals surface area contributed by atoms with Gasteiger partial charge in [-0.3, -0.25) is 4.79 Å². The van der Waals surface area contributed by atoms with Gasteiger partial charge in [-0.05, 0) is 40.5 Å². The predicted octanol–water partition coefficient (Wildman–Crippen LogP) is 5.47. The van der Waals surface area contributed by atoms with E-state index in [0.29, 0.717) is 28.7 Å². The van der Waals surface area contributed by atoms with Gasteiger partial charge in [0, 0.05) is 18.7 Å². The van der Waals surface area contributed by atoms with E-state index in [4.69, 9.17) is 28.9 Å². The summed E-state index contributed by atoms with van der Waals surface area (Å²) in [6.07, 6.45) is 0. The second kappa shape index (κ2) is 9.77. The normalized spacial score (nSPS) is 10.3. The molecule has 0 saturated heterocycles. The first-order valence-electron chi connectivity index (χ1n) is 8.17. The van der Waals surface area contributed by atoms with Crippen LogP contribution in [0.3, 0.4) is 0 Å². The fourth-order valence-electron chi connectivity index (χ4n) is 2.69. The molecule has 0 saturated carbocycles. The Morgan fingerprint density at radius 3 is 2.30 bits per heavy atom. The Kier molecular flexibility index (Phi) is 7.69. The topological polar surface area (TPSA) is 55.1 Å². The molecular formula is C21H19Cl3N2O. The first-order chi connectivity index (χ1) is 12.5. The zero-order chi connectivity index (χ0) is 18.5. The summed E-state index contributed by atoms with van der Waals surface area (Å²) in [5.41, 5.74) is 9.97. The highest BCUT2D eigenvalue weighted by molar-refractivity contribution is 6.42. The highest BCUT2D eigenvalue weighted by Gasteiger charge is 2.05. The zero-order valence-corrected chi connectivity index (χ0v) is 16.7. The second-order valence-electron chi connectivity index (χ2n) is 5.96. The van der Waals surface area contributed by atoms with E-state index in [1.807, 2.05) is 36.4 Å². The fraction of sp³-hybridized carbons (Fsp3) is 0.0952. The van der Waals surface area contributed by atoms with Crippen molar-refractivity contribution in [2.24, 2.45) is 5.73 Å². The molecule has 140 valence electrons. The monoisotopic (exact) mass is 420 g/mol. The van der Waals surface area contributed by atoms with E-state index in [0.717, 1.165) is 22.3 Å². The van der Waals surface area contributed by atoms with Crippen molar-refractivity contribution in [3.05, 3.63) is 93.5 Å². The minimum Gasteiger partial charge on any atom is -0.366 e. The van der Waals surface area contributed by atoms with Crippen molar-refractivity contribution in [2.75, 3.05) is 0 Å². The number of hydrogen-bond donors (Lipinski definition) is 2. The molecule has 3 aromatic carbocycles. The zero-order valence-electron chi connectivity index (χ0n) is 14.4. The Morgan fingerprint density at radius 2 is 1.59 bits per heavy atom. The van der Waals surface area contributed by atoms with E-state index in [-0.39, 0.29) is 12.4 Å². The summed E-state index contributed by atoms with van der Waals surface area (Å²) >= 11 is 12.2. The molecule has 0 aliphatic carbocycles. The van der Waals surface area contributed by atoms with Gasteiger partial charge in [-0.1, -0.05) is 71.7 Å². The minimum absolute atomic E-state index is 0. The van der Waals surface area contributed by atoms with Gasteiger partial charge < -0.3 is 11.1 Å². The van der Waals surface area contributed by atoms with Crippen molar-refractivity contribution >= 4 is 41.5 Å². The van der Waals surface area contributed by atoms with Gasteiger partial charge in [-0.2, -0.15) is 0 Å². The van der Waals surface area contributed by atoms with Crippen LogP contribution in [0.25, 0.3) is 11.1 Å². The van der Waals surface area contributed by atoms with Crippen LogP contribution in [0.5, 0.6) is 0 Å². The van der Waals surface area contributed by atoms with Crippen molar-refractivity contribution in [3.8, 4) is 11.1 Å². The fourth-order valence-corrected chi connectivity index (χ4v) is 3.08. The van der Waals surface area contributed by atoms with Gasteiger partial charge in [0.1, 0.15) is 0 Å². The van der Waals surface area contributed by atoms with Crippen molar-refractivity contribution in [1.82, 2.24) is 5.32 Å². The summed E-state index contributed by atoms with van der Waals surface area (Å²) in [6.45, 7) is 1.35. The van der Waals surface area contributed by atoms with Crippen molar-refractivity contribution < 1.29 is 4.79 Å². The molecule has 3 N–H and O–H groups in total. The summed E-state index contributed by atoms with van der Waals surface area (Å²) in [4.78, 5) is 11.3. The molecule has 3 rings (SSSR count). The molecular weight excluding hydrogens is 403 g/mol. The van der Waals surface area contributed by atoms with Crippen molar-refractivity contribution in [3.63, 3.8) is 0 Å². The molecule has 0 spiro atoms. The standard InChI is InChI=1S/C21H18Cl2N2O.ClH/c22-19-6-2-5-18(20(19)23)13-25-12-14-7-9-15(10-8-14)16-3-1-4-17(11-16)21(24)26;/h1-11,25H,12-13H2,(H2,24,26);1H. The summed E-state index contributed by atoms with van der Waals surface area (Å²) in [5.74, 6) is -0.424. The van der Waals surface area contributed by atoms with Gasteiger partial charge in [-0.25, -0.2) is 0 Å². The lowest BCUT2D eigenvalue weighted by Crippen LogP contribution is -2.13. The minimum atomic E-state index is -0.424. The van der Waals surface area contributed by atoms with Crippen LogP contribution in [-0.4, -0.2) is 5.91 Å². The van der Waals surface area contributed by atoms with Crippen molar-refractivity contribution in [2.45, 2.75) is 13.1 Å². The first-order valence-corrected chi connectivity index (χ1v) is 8.93. The predicted molar refractivity (Wildman–Crippen MR) is 115 cm³/mol. The van der Waals surface area contributed by atoms with E-state index in [9.17, 15) is 4.79 Å². The van der Waals surface area contributed by atoms with Crippen LogP contribution >= 0.6 is 35.6 Å². The Hall–Kier alpha value is -2.04. The van der Waals surface area contributed by atoms with Gasteiger partial charge in [0.05, 0.1) is 10.0 Å². The molecule has 1 amide bonds. The summed E-state index contributed by atoms with van der Waals surface area (Å²) in [7, 11) is 0. The molecule has 0 radical (unpaired) electrons. The van der Waals surface area contributed by atoms with Crippen molar-refractivity contribution in [1.29, 1.82) is 0 Å². The molecule has 0 heterocycles. The largest absolute Gasteiger partial charge is 0.366 e. The number of nitrogens with two attached hydrogens (primary N) is 1. The van der Waals surface area contributed by atoms with E-state index in [2.05, 4.69) is 17.4 Å². The Balaban J connectivity index is 0.00000261. The van der Waals surface area contributed by atoms with Crippen LogP contribution in [0.15, 0.2) is 66.7 Å². The Labute approximate surface area is 174 Å². The summed E-state index contributed by atoms with van der Waals surface area (Å²) in [5, 5.41) is 4.52. The second-order valence-corrected chi connectivity index (χ2v) is 6.74. The molecule has 3 nitrogen and oxygen atoms in total. The van der Waals surface area contributed by atoms with Gasteiger partial charge >= 0.3 is 0 Å². The third-order valence-electron chi connectivity index (χ3n) is 4.11. The lowest BCUT2D eigenvalue weighted by Gasteiger charge is -2.09. The van der Waals surface area contributed by atoms with Crippen LogP contribution in [0.4, 0.5) is 0 Å². The highest BCUT2D eigenvalue weighted by Crippen LogP contribution is 2.25. The Bertz CT molecular complexity index is 927. The number of benzene rings is 3. The summed E-state index contributed by atoms with van der Waals surface area (Å²) < 4.78 is 0. The molecule has 0 fully saturated rings. The number of nitrogens with one attached hydrogen (secondary N) is 1. The van der Waals surface area contributed by atoms with E-state index >= 15 is 0 Å². The molecule has 0 atom stereocenters. The van der Waals surface area contributed by atoms with Crippen LogP contribution in [0.2, 0.25) is 10.0 Å². The third kappa shape index (κ3) is 5.47. The lowest BCUT2D eigenvalue weighted by molar-refractivity contribution is 0.100. The number of halogens is 3. The number of carbonyl (C=O) groups is 1. The first kappa shape index (κ1) is 21.3. The van der Waals surface area contributed by atoms with E-state index in [1.165, 1.54) is 0 Å². The SMILES string of the molecule is Cl.NC(=O)c1cccc(-c2ccc(CNCc3cccc(Cl)c3Cl)cc2)c1. The highest BCUT2D eigenvalue weighted by atomic mass is 35.5. The number of rotatable bonds is 6. The Morgan fingerprint density at radius 1 is 0.889 bits per heavy atom. The molecule has 27 heavy (non-hydrogen) atoms. The number of hydrogen-bond acceptors (Lipinski definition) is 2. The van der Waals surface area contributed by atoms with Crippen LogP contribution in [-0.2, 0) is 13.1 Å². The molecule has 0 bridgehead atoms. The average molecular weight is 422 g/mol.